The number of alkyl halides is 1. The molecule has 0 saturated carbocycles. The number of nitrogens with zero attached hydrogens (tertiary/aromatic N) is 5. The van der Waals surface area contributed by atoms with Crippen LogP contribution >= 0.6 is 47.8 Å². The first-order valence-corrected chi connectivity index (χ1v) is 9.75. The molecule has 140 valence electrons. The second kappa shape index (κ2) is 17.9. The van der Waals surface area contributed by atoms with Crippen molar-refractivity contribution in [3.63, 3.8) is 0 Å². The third-order valence-electron chi connectivity index (χ3n) is 2.73. The van der Waals surface area contributed by atoms with Gasteiger partial charge in [0.25, 0.3) is 0 Å². The van der Waals surface area contributed by atoms with Crippen molar-refractivity contribution in [2.75, 3.05) is 11.9 Å². The maximum atomic E-state index is 11.2. The molecular formula is C16H13Br3N6NaO2+. The van der Waals surface area contributed by atoms with Crippen LogP contribution in [0.2, 0.25) is 0 Å². The molecule has 0 amide bonds. The number of hydrogen-bond donors (Lipinski definition) is 1. The number of nitrogens with one attached hydrogen (secondary N) is 1. The van der Waals surface area contributed by atoms with Crippen molar-refractivity contribution in [3.05, 3.63) is 89.5 Å². The Morgan fingerprint density at radius 2 is 1.25 bits per heavy atom. The van der Waals surface area contributed by atoms with Gasteiger partial charge in [-0.1, -0.05) is 77.2 Å². The van der Waals surface area contributed by atoms with Crippen LogP contribution in [0.4, 0.5) is 0 Å². The maximum absolute atomic E-state index is 11.2. The second-order valence-corrected chi connectivity index (χ2v) is 6.87. The van der Waals surface area contributed by atoms with Gasteiger partial charge in [-0.2, -0.15) is 0 Å². The fourth-order valence-electron chi connectivity index (χ4n) is 1.54. The second-order valence-electron chi connectivity index (χ2n) is 4.48. The Labute approximate surface area is 208 Å². The van der Waals surface area contributed by atoms with Crippen LogP contribution in [0, 0.1) is 5.53 Å². The predicted octanol–water partition coefficient (Wildman–Crippen LogP) is 3.85. The van der Waals surface area contributed by atoms with Crippen LogP contribution in [0.3, 0.4) is 0 Å². The zero-order chi connectivity index (χ0) is 20.7. The third-order valence-corrected chi connectivity index (χ3v) is 4.30. The molecule has 28 heavy (non-hydrogen) atoms. The van der Waals surface area contributed by atoms with E-state index in [1.165, 1.54) is 0 Å². The summed E-state index contributed by atoms with van der Waals surface area (Å²) in [7, 11) is 0. The van der Waals surface area contributed by atoms with Gasteiger partial charge in [0.05, 0.1) is 11.9 Å². The fourth-order valence-corrected chi connectivity index (χ4v) is 2.39. The number of halogens is 3. The maximum Gasteiger partial charge on any atom is 1.00 e. The van der Waals surface area contributed by atoms with E-state index < -0.39 is 0 Å². The Morgan fingerprint density at radius 1 is 0.893 bits per heavy atom. The minimum atomic E-state index is -0.176. The molecule has 0 heterocycles. The number of rotatable bonds is 5. The van der Waals surface area contributed by atoms with Crippen LogP contribution in [-0.2, 0) is 0 Å². The number of ketones is 2. The summed E-state index contributed by atoms with van der Waals surface area (Å²) in [4.78, 5) is 26.6. The van der Waals surface area contributed by atoms with E-state index in [1.54, 1.807) is 41.3 Å². The van der Waals surface area contributed by atoms with Gasteiger partial charge in [0.15, 0.2) is 11.6 Å². The number of azide groups is 1. The molecule has 0 aliphatic rings. The first-order chi connectivity index (χ1) is 12.9. The summed E-state index contributed by atoms with van der Waals surface area (Å²) in [5, 5.41) is 3.57. The van der Waals surface area contributed by atoms with Crippen molar-refractivity contribution < 1.29 is 39.1 Å². The van der Waals surface area contributed by atoms with Crippen molar-refractivity contribution in [2.24, 2.45) is 5.11 Å². The fraction of sp³-hybridized carbons (Fsp3) is 0.125. The van der Waals surface area contributed by atoms with Gasteiger partial charge in [0, 0.05) is 25.0 Å². The molecule has 2 aromatic carbocycles. The van der Waals surface area contributed by atoms with Gasteiger partial charge >= 0.3 is 29.6 Å². The molecule has 0 aromatic heterocycles. The van der Waals surface area contributed by atoms with Gasteiger partial charge in [-0.15, -0.1) is 5.53 Å². The van der Waals surface area contributed by atoms with Crippen LogP contribution in [0.1, 0.15) is 20.7 Å². The molecule has 0 unspecified atom stereocenters. The molecule has 0 aliphatic heterocycles. The van der Waals surface area contributed by atoms with E-state index in [9.17, 15) is 9.59 Å². The van der Waals surface area contributed by atoms with Crippen LogP contribution in [0.25, 0.3) is 20.9 Å². The monoisotopic (exact) mass is 581 g/mol. The summed E-state index contributed by atoms with van der Waals surface area (Å²) in [5.41, 5.74) is 21.5. The van der Waals surface area contributed by atoms with E-state index in [4.69, 9.17) is 16.6 Å². The number of carbonyl (C=O) groups is 2. The molecule has 0 fully saturated rings. The SMILES string of the molecule is O=C(CBr)c1ccc(Br)cc1.[N-]=[N+]=N.[N-]=[N+]=NCC(=O)c1ccc(Br)cc1.[Na+]. The number of hydrogen-bond acceptors (Lipinski definition) is 4. The molecule has 0 radical (unpaired) electrons. The van der Waals surface area contributed by atoms with E-state index in [2.05, 4.69) is 57.8 Å². The Morgan fingerprint density at radius 3 is 1.57 bits per heavy atom. The topological polar surface area (TPSA) is 143 Å². The van der Waals surface area contributed by atoms with E-state index in [0.29, 0.717) is 10.9 Å². The van der Waals surface area contributed by atoms with Gasteiger partial charge in [-0.3, -0.25) is 9.59 Å². The van der Waals surface area contributed by atoms with Crippen molar-refractivity contribution in [3.8, 4) is 0 Å². The Hall–Kier alpha value is -1.16. The van der Waals surface area contributed by atoms with Crippen LogP contribution < -0.4 is 29.6 Å². The first-order valence-electron chi connectivity index (χ1n) is 7.04. The quantitative estimate of drug-likeness (QED) is 0.142. The molecule has 0 spiro atoms. The average Bonchev–Trinajstić information content (AvgIpc) is 2.68. The zero-order valence-electron chi connectivity index (χ0n) is 14.7. The summed E-state index contributed by atoms with van der Waals surface area (Å²) in [6.07, 6.45) is 0. The summed E-state index contributed by atoms with van der Waals surface area (Å²) in [6, 6.07) is 14.2. The minimum Gasteiger partial charge on any atom is -0.294 e. The summed E-state index contributed by atoms with van der Waals surface area (Å²) in [6.45, 7) is -0.127. The Bertz CT molecular complexity index is 834. The normalized spacial score (nSPS) is 8.25. The molecular weight excluding hydrogens is 571 g/mol. The van der Waals surface area contributed by atoms with Crippen molar-refractivity contribution in [1.29, 1.82) is 5.53 Å². The van der Waals surface area contributed by atoms with Gasteiger partial charge in [0.2, 0.25) is 0 Å². The van der Waals surface area contributed by atoms with E-state index in [-0.39, 0.29) is 47.7 Å². The third kappa shape index (κ3) is 13.1. The number of benzene rings is 2. The Balaban J connectivity index is 0. The van der Waals surface area contributed by atoms with Crippen molar-refractivity contribution in [1.82, 2.24) is 0 Å². The van der Waals surface area contributed by atoms with Gasteiger partial charge in [-0.05, 0) is 40.2 Å². The van der Waals surface area contributed by atoms with Gasteiger partial charge in [0.1, 0.15) is 0 Å². The van der Waals surface area contributed by atoms with Crippen LogP contribution in [0.15, 0.2) is 62.6 Å². The predicted molar refractivity (Wildman–Crippen MR) is 114 cm³/mol. The zero-order valence-corrected chi connectivity index (χ0v) is 21.5. The average molecular weight is 584 g/mol. The number of Topliss-reactive ketones (excluding diaryl/α,β-unsaturated/α-hetero) is 2. The van der Waals surface area contributed by atoms with E-state index in [0.717, 1.165) is 14.5 Å². The van der Waals surface area contributed by atoms with Crippen LogP contribution in [-0.4, -0.2) is 23.4 Å². The smallest absolute Gasteiger partial charge is 0.294 e. The van der Waals surface area contributed by atoms with E-state index in [1.807, 2.05) is 12.1 Å². The molecule has 0 atom stereocenters. The summed E-state index contributed by atoms with van der Waals surface area (Å²) in [5.74, 6) is -0.0669. The van der Waals surface area contributed by atoms with Gasteiger partial charge < -0.3 is 0 Å². The molecule has 1 N–H and O–H groups in total. The molecule has 2 aromatic rings. The molecule has 0 bridgehead atoms. The first kappa shape index (κ1) is 29.0. The molecule has 12 heteroatoms. The minimum absolute atomic E-state index is 0. The van der Waals surface area contributed by atoms with E-state index >= 15 is 0 Å². The summed E-state index contributed by atoms with van der Waals surface area (Å²) < 4.78 is 1.90. The van der Waals surface area contributed by atoms with Crippen molar-refractivity contribution >= 4 is 59.4 Å². The standard InChI is InChI=1S/C8H6Br2O.C8H6BrN3O.HN3.Na/c9-5-8(11)6-1-3-7(10)4-2-6;9-7-3-1-6(2-4-7)8(13)5-11-12-10;1-3-2;/h1-4H,5H2;1-4H,5H2;1H;/q;;;+1. The number of carbonyl (C=O) groups excluding carboxylic acids is 2. The van der Waals surface area contributed by atoms with Gasteiger partial charge in [-0.25, -0.2) is 0 Å². The Kier molecular flexibility index (Phi) is 18.6. The molecule has 0 saturated heterocycles. The van der Waals surface area contributed by atoms with Crippen molar-refractivity contribution in [2.45, 2.75) is 0 Å². The molecule has 2 rings (SSSR count). The molecule has 8 nitrogen and oxygen atoms in total. The van der Waals surface area contributed by atoms with Crippen LogP contribution in [0.5, 0.6) is 0 Å². The molecule has 0 aliphatic carbocycles. The summed E-state index contributed by atoms with van der Waals surface area (Å²) >= 11 is 9.66. The largest absolute Gasteiger partial charge is 1.00 e.